The first kappa shape index (κ1) is 17.2. The van der Waals surface area contributed by atoms with Gasteiger partial charge in [0.2, 0.25) is 5.95 Å². The SMILES string of the molecule is CC(C)n1cc(Br)cc1C(=O)Nc1nc(C2CCNCC2)nn1C. The van der Waals surface area contributed by atoms with Crippen molar-refractivity contribution in [1.82, 2.24) is 24.6 Å². The average molecular weight is 395 g/mol. The number of halogens is 1. The van der Waals surface area contributed by atoms with E-state index < -0.39 is 0 Å². The van der Waals surface area contributed by atoms with Gasteiger partial charge >= 0.3 is 0 Å². The van der Waals surface area contributed by atoms with Crippen LogP contribution in [0.2, 0.25) is 0 Å². The summed E-state index contributed by atoms with van der Waals surface area (Å²) in [4.78, 5) is 17.2. The number of carbonyl (C=O) groups excluding carboxylic acids is 1. The highest BCUT2D eigenvalue weighted by atomic mass is 79.9. The molecule has 3 rings (SSSR count). The smallest absolute Gasteiger partial charge is 0.274 e. The lowest BCUT2D eigenvalue weighted by atomic mass is 9.98. The van der Waals surface area contributed by atoms with E-state index in [-0.39, 0.29) is 11.9 Å². The lowest BCUT2D eigenvalue weighted by molar-refractivity contribution is 0.101. The summed E-state index contributed by atoms with van der Waals surface area (Å²) in [5.74, 6) is 1.48. The van der Waals surface area contributed by atoms with Gasteiger partial charge in [0.1, 0.15) is 5.69 Å². The number of hydrogen-bond acceptors (Lipinski definition) is 4. The molecular weight excluding hydrogens is 372 g/mol. The van der Waals surface area contributed by atoms with Gasteiger partial charge in [0.25, 0.3) is 5.91 Å². The maximum Gasteiger partial charge on any atom is 0.274 e. The summed E-state index contributed by atoms with van der Waals surface area (Å²) >= 11 is 3.44. The van der Waals surface area contributed by atoms with Crippen molar-refractivity contribution in [3.05, 3.63) is 28.3 Å². The summed E-state index contributed by atoms with van der Waals surface area (Å²) in [5.41, 5.74) is 0.600. The molecule has 0 aromatic carbocycles. The zero-order valence-corrected chi connectivity index (χ0v) is 15.8. The number of piperidine rings is 1. The van der Waals surface area contributed by atoms with Crippen molar-refractivity contribution in [3.8, 4) is 0 Å². The van der Waals surface area contributed by atoms with Crippen LogP contribution >= 0.6 is 15.9 Å². The van der Waals surface area contributed by atoms with Crippen molar-refractivity contribution >= 4 is 27.8 Å². The van der Waals surface area contributed by atoms with Crippen LogP contribution in [0.25, 0.3) is 0 Å². The number of aryl methyl sites for hydroxylation is 1. The highest BCUT2D eigenvalue weighted by molar-refractivity contribution is 9.10. The van der Waals surface area contributed by atoms with E-state index in [4.69, 9.17) is 0 Å². The second-order valence-corrected chi connectivity index (χ2v) is 7.36. The Bertz CT molecular complexity index is 729. The fraction of sp³-hybridized carbons (Fsp3) is 0.562. The molecule has 0 unspecified atom stereocenters. The fourth-order valence-electron chi connectivity index (χ4n) is 2.99. The molecule has 2 aromatic heterocycles. The van der Waals surface area contributed by atoms with Crippen LogP contribution in [0.1, 0.15) is 55.0 Å². The lowest BCUT2D eigenvalue weighted by Crippen LogP contribution is -2.27. The van der Waals surface area contributed by atoms with Gasteiger partial charge in [0.05, 0.1) is 0 Å². The number of amides is 1. The monoisotopic (exact) mass is 394 g/mol. The van der Waals surface area contributed by atoms with E-state index in [0.29, 0.717) is 17.6 Å². The molecule has 2 N–H and O–H groups in total. The molecule has 1 aliphatic heterocycles. The van der Waals surface area contributed by atoms with Crippen LogP contribution < -0.4 is 10.6 Å². The molecule has 1 amide bonds. The van der Waals surface area contributed by atoms with Crippen molar-refractivity contribution in [2.24, 2.45) is 7.05 Å². The first-order valence-corrected chi connectivity index (χ1v) is 9.05. The van der Waals surface area contributed by atoms with Crippen molar-refractivity contribution in [2.75, 3.05) is 18.4 Å². The number of nitrogens with zero attached hydrogens (tertiary/aromatic N) is 4. The summed E-state index contributed by atoms with van der Waals surface area (Å²) < 4.78 is 4.46. The molecule has 1 aliphatic rings. The third-order valence-corrected chi connectivity index (χ3v) is 4.75. The van der Waals surface area contributed by atoms with Gasteiger partial charge in [-0.25, -0.2) is 4.68 Å². The van der Waals surface area contributed by atoms with Gasteiger partial charge in [-0.1, -0.05) is 0 Å². The number of anilines is 1. The van der Waals surface area contributed by atoms with Crippen LogP contribution in [0.4, 0.5) is 5.95 Å². The maximum atomic E-state index is 12.6. The Morgan fingerprint density at radius 2 is 2.12 bits per heavy atom. The van der Waals surface area contributed by atoms with Crippen molar-refractivity contribution in [1.29, 1.82) is 0 Å². The third kappa shape index (κ3) is 3.54. The fourth-order valence-corrected chi connectivity index (χ4v) is 3.42. The van der Waals surface area contributed by atoms with Crippen LogP contribution in [-0.4, -0.2) is 38.3 Å². The Labute approximate surface area is 150 Å². The van der Waals surface area contributed by atoms with E-state index in [2.05, 4.69) is 36.6 Å². The highest BCUT2D eigenvalue weighted by Gasteiger charge is 2.22. The van der Waals surface area contributed by atoms with Gasteiger partial charge in [0, 0.05) is 29.7 Å². The minimum Gasteiger partial charge on any atom is -0.340 e. The van der Waals surface area contributed by atoms with E-state index in [1.54, 1.807) is 4.68 Å². The molecule has 1 fully saturated rings. The summed E-state index contributed by atoms with van der Waals surface area (Å²) in [6, 6.07) is 2.02. The summed E-state index contributed by atoms with van der Waals surface area (Å²) in [7, 11) is 1.81. The molecule has 1 saturated heterocycles. The Hall–Kier alpha value is -1.67. The molecule has 0 bridgehead atoms. The molecule has 130 valence electrons. The standard InChI is InChI=1S/C16H23BrN6O/c1-10(2)23-9-12(17)8-13(23)15(24)20-16-19-14(21-22(16)3)11-4-6-18-7-5-11/h8-11,18H,4-7H2,1-3H3,(H,19,20,21,24). The quantitative estimate of drug-likeness (QED) is 0.835. The van der Waals surface area contributed by atoms with Gasteiger partial charge in [-0.15, -0.1) is 0 Å². The summed E-state index contributed by atoms with van der Waals surface area (Å²) in [6.45, 7) is 6.06. The van der Waals surface area contributed by atoms with Gasteiger partial charge < -0.3 is 9.88 Å². The van der Waals surface area contributed by atoms with Crippen molar-refractivity contribution in [2.45, 2.75) is 38.6 Å². The minimum atomic E-state index is -0.179. The second kappa shape index (κ2) is 7.06. The van der Waals surface area contributed by atoms with Gasteiger partial charge in [-0.3, -0.25) is 10.1 Å². The second-order valence-electron chi connectivity index (χ2n) is 6.44. The lowest BCUT2D eigenvalue weighted by Gasteiger charge is -2.19. The molecular formula is C16H23BrN6O. The van der Waals surface area contributed by atoms with Gasteiger partial charge in [-0.05, 0) is 61.8 Å². The largest absolute Gasteiger partial charge is 0.340 e. The first-order valence-electron chi connectivity index (χ1n) is 8.26. The predicted octanol–water partition coefficient (Wildman–Crippen LogP) is 2.68. The maximum absolute atomic E-state index is 12.6. The van der Waals surface area contributed by atoms with Crippen LogP contribution in [0.15, 0.2) is 16.7 Å². The summed E-state index contributed by atoms with van der Waals surface area (Å²) in [6.07, 6.45) is 3.97. The Morgan fingerprint density at radius 1 is 1.42 bits per heavy atom. The molecule has 0 saturated carbocycles. The summed E-state index contributed by atoms with van der Waals surface area (Å²) in [5, 5.41) is 10.7. The Kier molecular flexibility index (Phi) is 5.05. The van der Waals surface area contributed by atoms with E-state index >= 15 is 0 Å². The molecule has 3 heterocycles. The molecule has 2 aromatic rings. The van der Waals surface area contributed by atoms with Crippen LogP contribution in [0, 0.1) is 0 Å². The zero-order valence-electron chi connectivity index (χ0n) is 14.2. The van der Waals surface area contributed by atoms with Crippen LogP contribution in [0.3, 0.4) is 0 Å². The molecule has 7 nitrogen and oxygen atoms in total. The third-order valence-electron chi connectivity index (χ3n) is 4.31. The molecule has 24 heavy (non-hydrogen) atoms. The van der Waals surface area contributed by atoms with E-state index in [0.717, 1.165) is 36.2 Å². The normalized spacial score (nSPS) is 15.9. The van der Waals surface area contributed by atoms with Crippen LogP contribution in [0.5, 0.6) is 0 Å². The first-order chi connectivity index (χ1) is 11.5. The highest BCUT2D eigenvalue weighted by Crippen LogP contribution is 2.24. The zero-order chi connectivity index (χ0) is 17.3. The number of carbonyl (C=O) groups is 1. The molecule has 0 spiro atoms. The number of hydrogen-bond donors (Lipinski definition) is 2. The van der Waals surface area contributed by atoms with Crippen molar-refractivity contribution in [3.63, 3.8) is 0 Å². The Morgan fingerprint density at radius 3 is 2.79 bits per heavy atom. The molecule has 0 radical (unpaired) electrons. The van der Waals surface area contributed by atoms with E-state index in [1.807, 2.05) is 37.7 Å². The molecule has 0 atom stereocenters. The number of rotatable bonds is 4. The minimum absolute atomic E-state index is 0.179. The number of aromatic nitrogens is 4. The van der Waals surface area contributed by atoms with Crippen LogP contribution in [-0.2, 0) is 7.05 Å². The average Bonchev–Trinajstić information content (AvgIpc) is 3.12. The van der Waals surface area contributed by atoms with E-state index in [9.17, 15) is 4.79 Å². The topological polar surface area (TPSA) is 76.8 Å². The van der Waals surface area contributed by atoms with Gasteiger partial charge in [-0.2, -0.15) is 10.1 Å². The Balaban J connectivity index is 1.78. The molecule has 8 heteroatoms. The van der Waals surface area contributed by atoms with Crippen molar-refractivity contribution < 1.29 is 4.79 Å². The van der Waals surface area contributed by atoms with E-state index in [1.165, 1.54) is 0 Å². The number of nitrogens with one attached hydrogen (secondary N) is 2. The predicted molar refractivity (Wildman–Crippen MR) is 96.3 cm³/mol. The molecule has 0 aliphatic carbocycles. The van der Waals surface area contributed by atoms with Gasteiger partial charge in [0.15, 0.2) is 5.82 Å².